The summed E-state index contributed by atoms with van der Waals surface area (Å²) in [6.07, 6.45) is 0. The molecule has 164 valence electrons. The van der Waals surface area contributed by atoms with Gasteiger partial charge in [-0.3, -0.25) is 24.0 Å². The Bertz CT molecular complexity index is 1240. The van der Waals surface area contributed by atoms with Crippen LogP contribution >= 0.6 is 11.6 Å². The molecule has 1 aromatic carbocycles. The number of H-pyrrole nitrogens is 1. The highest BCUT2D eigenvalue weighted by Crippen LogP contribution is 2.21. The van der Waals surface area contributed by atoms with Crippen molar-refractivity contribution < 1.29 is 9.53 Å². The van der Waals surface area contributed by atoms with E-state index in [0.717, 1.165) is 31.9 Å². The molecule has 3 aromatic rings. The molecule has 0 amide bonds. The Labute approximate surface area is 182 Å². The number of aromatic nitrogens is 4. The molecule has 0 spiro atoms. The number of benzene rings is 1. The molecule has 0 bridgehead atoms. The van der Waals surface area contributed by atoms with Gasteiger partial charge in [0.05, 0.1) is 13.7 Å². The van der Waals surface area contributed by atoms with E-state index in [2.05, 4.69) is 19.8 Å². The van der Waals surface area contributed by atoms with Crippen molar-refractivity contribution in [1.82, 2.24) is 24.0 Å². The minimum absolute atomic E-state index is 0.161. The molecular formula is C20H23ClN6O4. The maximum atomic E-state index is 12.5. The van der Waals surface area contributed by atoms with Gasteiger partial charge in [-0.15, -0.1) is 0 Å². The second-order valence-electron chi connectivity index (χ2n) is 7.42. The van der Waals surface area contributed by atoms with E-state index >= 15 is 0 Å². The van der Waals surface area contributed by atoms with Gasteiger partial charge in [0.15, 0.2) is 11.2 Å². The highest BCUT2D eigenvalue weighted by Gasteiger charge is 2.23. The van der Waals surface area contributed by atoms with Gasteiger partial charge in [0.25, 0.3) is 5.56 Å². The third-order valence-corrected chi connectivity index (χ3v) is 5.75. The lowest BCUT2D eigenvalue weighted by atomic mass is 10.2. The number of anilines is 1. The fourth-order valence-electron chi connectivity index (χ4n) is 3.80. The summed E-state index contributed by atoms with van der Waals surface area (Å²) in [5.41, 5.74) is 0.366. The predicted molar refractivity (Wildman–Crippen MR) is 117 cm³/mol. The van der Waals surface area contributed by atoms with Gasteiger partial charge in [-0.05, 0) is 18.2 Å². The molecular weight excluding hydrogens is 424 g/mol. The van der Waals surface area contributed by atoms with E-state index < -0.39 is 17.2 Å². The molecule has 10 nitrogen and oxygen atoms in total. The van der Waals surface area contributed by atoms with Gasteiger partial charge in [0.1, 0.15) is 12.4 Å². The number of hydrogen-bond donors (Lipinski definition) is 1. The fraction of sp³-hybridized carbons (Fsp3) is 0.400. The van der Waals surface area contributed by atoms with Crippen LogP contribution in [0.1, 0.15) is 5.82 Å². The second-order valence-corrected chi connectivity index (χ2v) is 7.86. The number of aryl methyl sites for hydroxylation is 1. The molecule has 11 heteroatoms. The van der Waals surface area contributed by atoms with Crippen LogP contribution in [0.15, 0.2) is 33.9 Å². The van der Waals surface area contributed by atoms with E-state index in [0.29, 0.717) is 17.4 Å². The zero-order chi connectivity index (χ0) is 22.1. The minimum atomic E-state index is -0.577. The molecule has 1 N–H and O–H groups in total. The molecule has 0 aliphatic carbocycles. The smallest absolute Gasteiger partial charge is 0.329 e. The Balaban J connectivity index is 1.59. The average molecular weight is 447 g/mol. The summed E-state index contributed by atoms with van der Waals surface area (Å²) in [7, 11) is 2.82. The van der Waals surface area contributed by atoms with Gasteiger partial charge >= 0.3 is 11.7 Å². The topological polar surface area (TPSA) is 105 Å². The number of esters is 1. The van der Waals surface area contributed by atoms with Crippen LogP contribution in [0.4, 0.5) is 5.69 Å². The Morgan fingerprint density at radius 3 is 2.65 bits per heavy atom. The number of hydrogen-bond acceptors (Lipinski definition) is 7. The lowest BCUT2D eigenvalue weighted by Gasteiger charge is -2.36. The zero-order valence-electron chi connectivity index (χ0n) is 17.3. The van der Waals surface area contributed by atoms with E-state index in [1.54, 1.807) is 0 Å². The maximum absolute atomic E-state index is 12.5. The number of rotatable bonds is 5. The monoisotopic (exact) mass is 446 g/mol. The SMILES string of the molecule is COC(=O)Cn1c(CN2CCN(c3cccc(Cl)c3)CC2)nc2c1c(=O)[nH]c(=O)n2C. The van der Waals surface area contributed by atoms with Crippen molar-refractivity contribution in [2.45, 2.75) is 13.1 Å². The van der Waals surface area contributed by atoms with Gasteiger partial charge in [0.2, 0.25) is 0 Å². The normalized spacial score (nSPS) is 14.9. The largest absolute Gasteiger partial charge is 0.468 e. The molecule has 31 heavy (non-hydrogen) atoms. The number of ether oxygens (including phenoxy) is 1. The molecule has 1 saturated heterocycles. The van der Waals surface area contributed by atoms with Gasteiger partial charge in [-0.1, -0.05) is 17.7 Å². The first-order chi connectivity index (χ1) is 14.9. The number of nitrogens with one attached hydrogen (secondary N) is 1. The summed E-state index contributed by atoms with van der Waals surface area (Å²) < 4.78 is 7.58. The third-order valence-electron chi connectivity index (χ3n) is 5.51. The lowest BCUT2D eigenvalue weighted by molar-refractivity contribution is -0.141. The van der Waals surface area contributed by atoms with Crippen LogP contribution in [-0.4, -0.2) is 63.3 Å². The number of imidazole rings is 1. The lowest BCUT2D eigenvalue weighted by Crippen LogP contribution is -2.46. The van der Waals surface area contributed by atoms with E-state index in [1.807, 2.05) is 24.3 Å². The molecule has 2 aromatic heterocycles. The van der Waals surface area contributed by atoms with Crippen LogP contribution in [0.25, 0.3) is 11.2 Å². The van der Waals surface area contributed by atoms with Gasteiger partial charge in [0, 0.05) is 43.9 Å². The Hall–Kier alpha value is -3.11. The Kier molecular flexibility index (Phi) is 5.84. The third kappa shape index (κ3) is 4.21. The van der Waals surface area contributed by atoms with E-state index in [4.69, 9.17) is 16.3 Å². The van der Waals surface area contributed by atoms with E-state index in [1.165, 1.54) is 23.3 Å². The Morgan fingerprint density at radius 2 is 1.97 bits per heavy atom. The molecule has 3 heterocycles. The zero-order valence-corrected chi connectivity index (χ0v) is 18.1. The number of methoxy groups -OCH3 is 1. The summed E-state index contributed by atoms with van der Waals surface area (Å²) in [5, 5.41) is 0.701. The number of aromatic amines is 1. The number of fused-ring (bicyclic) bond motifs is 1. The number of carbonyl (C=O) groups is 1. The van der Waals surface area contributed by atoms with Crippen molar-refractivity contribution >= 4 is 34.4 Å². The molecule has 1 aliphatic heterocycles. The quantitative estimate of drug-likeness (QED) is 0.571. The summed E-state index contributed by atoms with van der Waals surface area (Å²) in [6, 6.07) is 7.76. The van der Waals surface area contributed by atoms with Crippen molar-refractivity contribution in [3.63, 3.8) is 0 Å². The highest BCUT2D eigenvalue weighted by molar-refractivity contribution is 6.30. The number of piperazine rings is 1. The average Bonchev–Trinajstić information content (AvgIpc) is 3.11. The molecule has 0 unspecified atom stereocenters. The highest BCUT2D eigenvalue weighted by atomic mass is 35.5. The fourth-order valence-corrected chi connectivity index (χ4v) is 3.99. The first-order valence-electron chi connectivity index (χ1n) is 9.85. The molecule has 1 fully saturated rings. The van der Waals surface area contributed by atoms with E-state index in [9.17, 15) is 14.4 Å². The molecule has 0 atom stereocenters. The summed E-state index contributed by atoms with van der Waals surface area (Å²) in [6.45, 7) is 3.41. The van der Waals surface area contributed by atoms with Gasteiger partial charge in [-0.25, -0.2) is 9.78 Å². The molecule has 0 saturated carbocycles. The van der Waals surface area contributed by atoms with Crippen molar-refractivity contribution in [2.75, 3.05) is 38.2 Å². The summed E-state index contributed by atoms with van der Waals surface area (Å²) in [4.78, 5) is 47.7. The maximum Gasteiger partial charge on any atom is 0.329 e. The number of halogens is 1. The van der Waals surface area contributed by atoms with Crippen molar-refractivity contribution in [3.05, 3.63) is 56.0 Å². The van der Waals surface area contributed by atoms with Gasteiger partial charge < -0.3 is 14.2 Å². The standard InChI is InChI=1S/C20H23ClN6O4/c1-24-18-17(19(29)23-20(24)30)27(12-16(28)31-2)15(22-18)11-25-6-8-26(9-7-25)14-5-3-4-13(21)10-14/h3-5,10H,6-9,11-12H2,1-2H3,(H,23,29,30). The molecule has 0 radical (unpaired) electrons. The first kappa shape index (κ1) is 21.1. The van der Waals surface area contributed by atoms with Crippen LogP contribution in [0.3, 0.4) is 0 Å². The van der Waals surface area contributed by atoms with Crippen molar-refractivity contribution in [1.29, 1.82) is 0 Å². The van der Waals surface area contributed by atoms with E-state index in [-0.39, 0.29) is 17.7 Å². The summed E-state index contributed by atoms with van der Waals surface area (Å²) in [5.74, 6) is 0.0304. The van der Waals surface area contributed by atoms with Crippen LogP contribution in [0.5, 0.6) is 0 Å². The molecule has 1 aliphatic rings. The van der Waals surface area contributed by atoms with Crippen molar-refractivity contribution in [2.24, 2.45) is 7.05 Å². The first-order valence-corrected chi connectivity index (χ1v) is 10.2. The van der Waals surface area contributed by atoms with Crippen LogP contribution in [-0.2, 0) is 29.7 Å². The Morgan fingerprint density at radius 1 is 1.23 bits per heavy atom. The molecule has 4 rings (SSSR count). The minimum Gasteiger partial charge on any atom is -0.468 e. The van der Waals surface area contributed by atoms with Crippen LogP contribution in [0, 0.1) is 0 Å². The summed E-state index contributed by atoms with van der Waals surface area (Å²) >= 11 is 6.11. The number of carbonyl (C=O) groups excluding carboxylic acids is 1. The van der Waals surface area contributed by atoms with Crippen LogP contribution in [0.2, 0.25) is 5.02 Å². The van der Waals surface area contributed by atoms with Crippen LogP contribution < -0.4 is 16.1 Å². The predicted octanol–water partition coefficient (Wildman–Crippen LogP) is 0.572. The second kappa shape index (κ2) is 8.56. The van der Waals surface area contributed by atoms with Gasteiger partial charge in [-0.2, -0.15) is 0 Å². The van der Waals surface area contributed by atoms with Crippen molar-refractivity contribution in [3.8, 4) is 0 Å². The number of nitrogens with zero attached hydrogens (tertiary/aromatic N) is 5.